The molecule has 1 heterocycles. The summed E-state index contributed by atoms with van der Waals surface area (Å²) >= 11 is 0. The number of piperazine rings is 1. The molecule has 1 aliphatic heterocycles. The van der Waals surface area contributed by atoms with Crippen molar-refractivity contribution in [3.05, 3.63) is 29.8 Å². The molecule has 1 saturated heterocycles. The summed E-state index contributed by atoms with van der Waals surface area (Å²) in [7, 11) is -1.55. The average molecular weight is 353 g/mol. The van der Waals surface area contributed by atoms with E-state index in [-0.39, 0.29) is 16.7 Å². The average Bonchev–Trinajstić information content (AvgIpc) is 2.58. The van der Waals surface area contributed by atoms with Gasteiger partial charge < -0.3 is 15.1 Å². The van der Waals surface area contributed by atoms with Gasteiger partial charge in [-0.25, -0.2) is 8.42 Å². The van der Waals surface area contributed by atoms with Gasteiger partial charge in [-0.2, -0.15) is 0 Å². The van der Waals surface area contributed by atoms with Crippen molar-refractivity contribution in [1.82, 2.24) is 15.1 Å². The molecule has 0 radical (unpaired) electrons. The van der Waals surface area contributed by atoms with E-state index in [1.165, 1.54) is 12.1 Å². The van der Waals surface area contributed by atoms with E-state index in [0.717, 1.165) is 6.26 Å². The van der Waals surface area contributed by atoms with Gasteiger partial charge in [0, 0.05) is 51.0 Å². The van der Waals surface area contributed by atoms with Gasteiger partial charge in [0.25, 0.3) is 5.91 Å². The van der Waals surface area contributed by atoms with Crippen LogP contribution in [0.15, 0.2) is 29.2 Å². The minimum absolute atomic E-state index is 0.0792. The van der Waals surface area contributed by atoms with Crippen LogP contribution in [0.25, 0.3) is 0 Å². The van der Waals surface area contributed by atoms with Crippen molar-refractivity contribution < 1.29 is 18.0 Å². The zero-order valence-electron chi connectivity index (χ0n) is 14.0. The largest absolute Gasteiger partial charge is 0.339 e. The summed E-state index contributed by atoms with van der Waals surface area (Å²) in [5.41, 5.74) is 0.355. The third-order valence-electron chi connectivity index (χ3n) is 4.02. The fraction of sp³-hybridized carbons (Fsp3) is 0.500. The van der Waals surface area contributed by atoms with Crippen molar-refractivity contribution in [2.75, 3.05) is 46.0 Å². The van der Waals surface area contributed by atoms with Crippen LogP contribution in [0.2, 0.25) is 0 Å². The minimum Gasteiger partial charge on any atom is -0.339 e. The van der Waals surface area contributed by atoms with Gasteiger partial charge in [-0.15, -0.1) is 0 Å². The predicted octanol–water partition coefficient (Wildman–Crippen LogP) is -0.0160. The molecule has 132 valence electrons. The highest BCUT2D eigenvalue weighted by atomic mass is 32.2. The first-order valence-electron chi connectivity index (χ1n) is 7.84. The quantitative estimate of drug-likeness (QED) is 0.804. The summed E-state index contributed by atoms with van der Waals surface area (Å²) < 4.78 is 23.2. The predicted molar refractivity (Wildman–Crippen MR) is 90.6 cm³/mol. The molecule has 0 atom stereocenters. The van der Waals surface area contributed by atoms with Gasteiger partial charge in [-0.05, 0) is 25.2 Å². The molecule has 0 spiro atoms. The number of benzene rings is 1. The normalized spacial score (nSPS) is 15.4. The van der Waals surface area contributed by atoms with E-state index in [2.05, 4.69) is 5.32 Å². The number of rotatable bonds is 5. The second-order valence-electron chi connectivity index (χ2n) is 5.83. The third kappa shape index (κ3) is 4.55. The second-order valence-corrected chi connectivity index (χ2v) is 7.84. The molecule has 0 unspecified atom stereocenters. The molecule has 2 rings (SSSR count). The van der Waals surface area contributed by atoms with Crippen molar-refractivity contribution >= 4 is 21.7 Å². The molecule has 0 saturated carbocycles. The standard InChI is InChI=1S/C16H23N3O4S/c1-17-7-6-15(20)18-8-10-19(11-9-18)16(21)13-4-3-5-14(12-13)24(2,22)23/h3-5,12,17H,6-11H2,1-2H3. The first-order chi connectivity index (χ1) is 11.3. The lowest BCUT2D eigenvalue weighted by Gasteiger charge is -2.35. The molecule has 1 aliphatic rings. The van der Waals surface area contributed by atoms with Gasteiger partial charge in [-0.3, -0.25) is 9.59 Å². The van der Waals surface area contributed by atoms with Gasteiger partial charge in [-0.1, -0.05) is 6.07 Å². The number of hydrogen-bond acceptors (Lipinski definition) is 5. The smallest absolute Gasteiger partial charge is 0.254 e. The zero-order valence-corrected chi connectivity index (χ0v) is 14.8. The second kappa shape index (κ2) is 7.76. The van der Waals surface area contributed by atoms with Crippen molar-refractivity contribution in [2.45, 2.75) is 11.3 Å². The summed E-state index contributed by atoms with van der Waals surface area (Å²) in [4.78, 5) is 28.1. The number of nitrogens with zero attached hydrogens (tertiary/aromatic N) is 2. The number of hydrogen-bond donors (Lipinski definition) is 1. The Morgan fingerprint density at radius 3 is 2.33 bits per heavy atom. The molecule has 0 bridgehead atoms. The number of sulfone groups is 1. The van der Waals surface area contributed by atoms with Crippen LogP contribution in [-0.4, -0.2) is 76.1 Å². The number of carbonyl (C=O) groups is 2. The van der Waals surface area contributed by atoms with Crippen LogP contribution in [0.3, 0.4) is 0 Å². The number of nitrogens with one attached hydrogen (secondary N) is 1. The van der Waals surface area contributed by atoms with Crippen LogP contribution in [-0.2, 0) is 14.6 Å². The molecule has 2 amide bonds. The van der Waals surface area contributed by atoms with Crippen molar-refractivity contribution in [3.63, 3.8) is 0 Å². The van der Waals surface area contributed by atoms with Gasteiger partial charge in [0.2, 0.25) is 5.91 Å². The van der Waals surface area contributed by atoms with E-state index >= 15 is 0 Å². The summed E-state index contributed by atoms with van der Waals surface area (Å²) in [6.07, 6.45) is 1.56. The molecule has 1 aromatic carbocycles. The Hall–Kier alpha value is -1.93. The summed E-state index contributed by atoms with van der Waals surface area (Å²) in [5, 5.41) is 2.94. The molecule has 8 heteroatoms. The maximum Gasteiger partial charge on any atom is 0.254 e. The van der Waals surface area contributed by atoms with Gasteiger partial charge >= 0.3 is 0 Å². The van der Waals surface area contributed by atoms with Crippen LogP contribution in [0.5, 0.6) is 0 Å². The Morgan fingerprint density at radius 1 is 1.12 bits per heavy atom. The van der Waals surface area contributed by atoms with Crippen molar-refractivity contribution in [2.24, 2.45) is 0 Å². The van der Waals surface area contributed by atoms with E-state index < -0.39 is 9.84 Å². The highest BCUT2D eigenvalue weighted by Crippen LogP contribution is 2.14. The topological polar surface area (TPSA) is 86.8 Å². The van der Waals surface area contributed by atoms with Crippen LogP contribution in [0.4, 0.5) is 0 Å². The Kier molecular flexibility index (Phi) is 5.95. The van der Waals surface area contributed by atoms with Crippen molar-refractivity contribution in [1.29, 1.82) is 0 Å². The maximum atomic E-state index is 12.5. The third-order valence-corrected chi connectivity index (χ3v) is 5.13. The van der Waals surface area contributed by atoms with Gasteiger partial charge in [0.05, 0.1) is 4.90 Å². The minimum atomic E-state index is -3.35. The lowest BCUT2D eigenvalue weighted by atomic mass is 10.2. The Balaban J connectivity index is 1.99. The van der Waals surface area contributed by atoms with E-state index in [1.54, 1.807) is 29.0 Å². The highest BCUT2D eigenvalue weighted by molar-refractivity contribution is 7.90. The lowest BCUT2D eigenvalue weighted by Crippen LogP contribution is -2.50. The molecule has 1 fully saturated rings. The monoisotopic (exact) mass is 353 g/mol. The first-order valence-corrected chi connectivity index (χ1v) is 9.74. The summed E-state index contributed by atoms with van der Waals surface area (Å²) in [5.74, 6) is -0.127. The van der Waals surface area contributed by atoms with Crippen LogP contribution >= 0.6 is 0 Å². The van der Waals surface area contributed by atoms with E-state index in [4.69, 9.17) is 0 Å². The SMILES string of the molecule is CNCCC(=O)N1CCN(C(=O)c2cccc(S(C)(=O)=O)c2)CC1. The molecule has 24 heavy (non-hydrogen) atoms. The zero-order chi connectivity index (χ0) is 17.7. The molecule has 1 N–H and O–H groups in total. The number of carbonyl (C=O) groups excluding carboxylic acids is 2. The number of amides is 2. The maximum absolute atomic E-state index is 12.5. The highest BCUT2D eigenvalue weighted by Gasteiger charge is 2.25. The fourth-order valence-electron chi connectivity index (χ4n) is 2.59. The van der Waals surface area contributed by atoms with E-state index in [0.29, 0.717) is 44.7 Å². The summed E-state index contributed by atoms with van der Waals surface area (Å²) in [6.45, 7) is 2.54. The fourth-order valence-corrected chi connectivity index (χ4v) is 3.26. The van der Waals surface area contributed by atoms with E-state index in [9.17, 15) is 18.0 Å². The Bertz CT molecular complexity index is 710. The Morgan fingerprint density at radius 2 is 1.75 bits per heavy atom. The molecular weight excluding hydrogens is 330 g/mol. The lowest BCUT2D eigenvalue weighted by molar-refractivity contribution is -0.132. The van der Waals surface area contributed by atoms with Crippen LogP contribution in [0, 0.1) is 0 Å². The first kappa shape index (κ1) is 18.4. The van der Waals surface area contributed by atoms with Gasteiger partial charge in [0.15, 0.2) is 9.84 Å². The molecule has 0 aromatic heterocycles. The van der Waals surface area contributed by atoms with Crippen LogP contribution in [0.1, 0.15) is 16.8 Å². The molecule has 7 nitrogen and oxygen atoms in total. The molecule has 0 aliphatic carbocycles. The van der Waals surface area contributed by atoms with Gasteiger partial charge in [0.1, 0.15) is 0 Å². The summed E-state index contributed by atoms with van der Waals surface area (Å²) in [6, 6.07) is 6.06. The molecule has 1 aromatic rings. The molecular formula is C16H23N3O4S. The Labute approximate surface area is 142 Å². The van der Waals surface area contributed by atoms with Crippen molar-refractivity contribution in [3.8, 4) is 0 Å². The van der Waals surface area contributed by atoms with Crippen LogP contribution < -0.4 is 5.32 Å². The van der Waals surface area contributed by atoms with E-state index in [1.807, 2.05) is 0 Å².